The van der Waals surface area contributed by atoms with Crippen LogP contribution in [0.15, 0.2) is 23.0 Å². The third kappa shape index (κ3) is 2.28. The molecule has 0 amide bonds. The SMILES string of the molecule is O=c1cc2c(nn1Cc1ccc(Cl)s1)CCCN2. The zero-order valence-electron chi connectivity index (χ0n) is 9.65. The van der Waals surface area contributed by atoms with Gasteiger partial charge in [0.15, 0.2) is 0 Å². The van der Waals surface area contributed by atoms with Gasteiger partial charge in [0.1, 0.15) is 0 Å². The van der Waals surface area contributed by atoms with Crippen molar-refractivity contribution in [3.63, 3.8) is 0 Å². The molecule has 0 aliphatic carbocycles. The molecule has 4 nitrogen and oxygen atoms in total. The average molecular weight is 282 g/mol. The van der Waals surface area contributed by atoms with E-state index in [1.807, 2.05) is 12.1 Å². The van der Waals surface area contributed by atoms with Crippen molar-refractivity contribution < 1.29 is 0 Å². The van der Waals surface area contributed by atoms with Crippen LogP contribution in [0.2, 0.25) is 4.34 Å². The van der Waals surface area contributed by atoms with Gasteiger partial charge in [-0.25, -0.2) is 4.68 Å². The van der Waals surface area contributed by atoms with E-state index >= 15 is 0 Å². The van der Waals surface area contributed by atoms with Crippen molar-refractivity contribution >= 4 is 28.6 Å². The molecule has 2 aromatic rings. The van der Waals surface area contributed by atoms with Crippen molar-refractivity contribution in [2.24, 2.45) is 0 Å². The molecule has 0 aromatic carbocycles. The molecule has 1 aliphatic heterocycles. The first-order valence-electron chi connectivity index (χ1n) is 5.81. The number of hydrogen-bond donors (Lipinski definition) is 1. The van der Waals surface area contributed by atoms with Gasteiger partial charge in [-0.15, -0.1) is 11.3 Å². The van der Waals surface area contributed by atoms with E-state index in [-0.39, 0.29) is 5.56 Å². The number of halogens is 1. The second-order valence-corrected chi connectivity index (χ2v) is 6.04. The molecule has 3 rings (SSSR count). The Kier molecular flexibility index (Phi) is 3.09. The second kappa shape index (κ2) is 4.74. The number of thiophene rings is 1. The lowest BCUT2D eigenvalue weighted by molar-refractivity contribution is 0.613. The van der Waals surface area contributed by atoms with Gasteiger partial charge in [0.05, 0.1) is 22.3 Å². The van der Waals surface area contributed by atoms with Crippen LogP contribution in [0.1, 0.15) is 17.0 Å². The number of nitrogens with one attached hydrogen (secondary N) is 1. The highest BCUT2D eigenvalue weighted by atomic mass is 35.5. The molecule has 94 valence electrons. The van der Waals surface area contributed by atoms with Gasteiger partial charge in [-0.1, -0.05) is 11.6 Å². The zero-order chi connectivity index (χ0) is 12.5. The van der Waals surface area contributed by atoms with E-state index in [9.17, 15) is 4.79 Å². The number of hydrogen-bond acceptors (Lipinski definition) is 4. The van der Waals surface area contributed by atoms with E-state index in [1.165, 1.54) is 16.0 Å². The summed E-state index contributed by atoms with van der Waals surface area (Å²) >= 11 is 7.36. The van der Waals surface area contributed by atoms with Crippen LogP contribution in [0.3, 0.4) is 0 Å². The van der Waals surface area contributed by atoms with E-state index in [0.29, 0.717) is 6.54 Å². The minimum Gasteiger partial charge on any atom is -0.383 e. The number of rotatable bonds is 2. The van der Waals surface area contributed by atoms with Gasteiger partial charge in [0.25, 0.3) is 5.56 Å². The van der Waals surface area contributed by atoms with Crippen LogP contribution in [0.4, 0.5) is 5.69 Å². The molecular weight excluding hydrogens is 270 g/mol. The summed E-state index contributed by atoms with van der Waals surface area (Å²) in [6.45, 7) is 1.40. The summed E-state index contributed by atoms with van der Waals surface area (Å²) < 4.78 is 2.24. The molecule has 3 heterocycles. The molecule has 0 spiro atoms. The van der Waals surface area contributed by atoms with Gasteiger partial charge < -0.3 is 5.32 Å². The van der Waals surface area contributed by atoms with Crippen LogP contribution in [-0.4, -0.2) is 16.3 Å². The Morgan fingerprint density at radius 1 is 1.50 bits per heavy atom. The topological polar surface area (TPSA) is 46.9 Å². The van der Waals surface area contributed by atoms with E-state index in [1.54, 1.807) is 6.07 Å². The molecule has 2 aromatic heterocycles. The molecule has 1 aliphatic rings. The minimum atomic E-state index is -0.0762. The first-order chi connectivity index (χ1) is 8.72. The van der Waals surface area contributed by atoms with Gasteiger partial charge in [-0.05, 0) is 25.0 Å². The summed E-state index contributed by atoms with van der Waals surface area (Å²) in [6, 6.07) is 5.40. The maximum atomic E-state index is 11.9. The van der Waals surface area contributed by atoms with Gasteiger partial charge in [0, 0.05) is 17.5 Å². The number of nitrogens with zero attached hydrogens (tertiary/aromatic N) is 2. The molecule has 0 radical (unpaired) electrons. The fourth-order valence-corrected chi connectivity index (χ4v) is 3.11. The molecule has 0 saturated carbocycles. The maximum Gasteiger partial charge on any atom is 0.269 e. The Hall–Kier alpha value is -1.33. The van der Waals surface area contributed by atoms with E-state index in [2.05, 4.69) is 10.4 Å². The van der Waals surface area contributed by atoms with Crippen LogP contribution in [0, 0.1) is 0 Å². The molecule has 1 N–H and O–H groups in total. The quantitative estimate of drug-likeness (QED) is 0.919. The van der Waals surface area contributed by atoms with Crippen LogP contribution >= 0.6 is 22.9 Å². The van der Waals surface area contributed by atoms with E-state index in [0.717, 1.165) is 40.0 Å². The van der Waals surface area contributed by atoms with Crippen molar-refractivity contribution in [2.45, 2.75) is 19.4 Å². The van der Waals surface area contributed by atoms with Gasteiger partial charge in [0.2, 0.25) is 0 Å². The van der Waals surface area contributed by atoms with Crippen molar-refractivity contribution in [1.82, 2.24) is 9.78 Å². The first kappa shape index (κ1) is 11.7. The van der Waals surface area contributed by atoms with Crippen molar-refractivity contribution in [1.29, 1.82) is 0 Å². The average Bonchev–Trinajstić information content (AvgIpc) is 2.76. The minimum absolute atomic E-state index is 0.0762. The lowest BCUT2D eigenvalue weighted by Gasteiger charge is -2.17. The summed E-state index contributed by atoms with van der Waals surface area (Å²) in [5.74, 6) is 0. The lowest BCUT2D eigenvalue weighted by Crippen LogP contribution is -2.27. The van der Waals surface area contributed by atoms with E-state index < -0.39 is 0 Å². The smallest absolute Gasteiger partial charge is 0.269 e. The third-order valence-electron chi connectivity index (χ3n) is 2.91. The fraction of sp³-hybridized carbons (Fsp3) is 0.333. The lowest BCUT2D eigenvalue weighted by atomic mass is 10.1. The monoisotopic (exact) mass is 281 g/mol. The van der Waals surface area contributed by atoms with Gasteiger partial charge in [-0.2, -0.15) is 5.10 Å². The molecule has 0 atom stereocenters. The standard InChI is InChI=1S/C12H12ClN3OS/c13-11-4-3-8(18-11)7-16-12(17)6-10-9(15-16)2-1-5-14-10/h3-4,6,14H,1-2,5,7H2. The highest BCUT2D eigenvalue weighted by Gasteiger charge is 2.13. The number of aromatic nitrogens is 2. The molecule has 0 fully saturated rings. The molecule has 0 saturated heterocycles. The van der Waals surface area contributed by atoms with Crippen molar-refractivity contribution in [3.05, 3.63) is 43.5 Å². The predicted molar refractivity (Wildman–Crippen MR) is 73.7 cm³/mol. The number of fused-ring (bicyclic) bond motifs is 1. The summed E-state index contributed by atoms with van der Waals surface area (Å²) in [7, 11) is 0. The summed E-state index contributed by atoms with van der Waals surface area (Å²) in [4.78, 5) is 13.0. The fourth-order valence-electron chi connectivity index (χ4n) is 2.04. The Bertz CT molecular complexity index is 634. The molecule has 18 heavy (non-hydrogen) atoms. The van der Waals surface area contributed by atoms with Crippen LogP contribution in [0.25, 0.3) is 0 Å². The Morgan fingerprint density at radius 3 is 3.17 bits per heavy atom. The summed E-state index contributed by atoms with van der Waals surface area (Å²) in [5.41, 5.74) is 1.78. The van der Waals surface area contributed by atoms with Crippen LogP contribution in [-0.2, 0) is 13.0 Å². The first-order valence-corrected chi connectivity index (χ1v) is 7.01. The Labute approximate surface area is 113 Å². The highest BCUT2D eigenvalue weighted by Crippen LogP contribution is 2.22. The van der Waals surface area contributed by atoms with E-state index in [4.69, 9.17) is 11.6 Å². The maximum absolute atomic E-state index is 11.9. The van der Waals surface area contributed by atoms with Crippen LogP contribution < -0.4 is 10.9 Å². The molecule has 0 bridgehead atoms. The van der Waals surface area contributed by atoms with Crippen molar-refractivity contribution in [3.8, 4) is 0 Å². The zero-order valence-corrected chi connectivity index (χ0v) is 11.2. The third-order valence-corrected chi connectivity index (χ3v) is 4.13. The highest BCUT2D eigenvalue weighted by molar-refractivity contribution is 7.16. The normalized spacial score (nSPS) is 14.1. The van der Waals surface area contributed by atoms with Crippen LogP contribution in [0.5, 0.6) is 0 Å². The summed E-state index contributed by atoms with van der Waals surface area (Å²) in [6.07, 6.45) is 1.98. The molecule has 6 heteroatoms. The van der Waals surface area contributed by atoms with Crippen molar-refractivity contribution in [2.75, 3.05) is 11.9 Å². The van der Waals surface area contributed by atoms with Gasteiger partial charge in [-0.3, -0.25) is 4.79 Å². The Balaban J connectivity index is 1.94. The molecule has 0 unspecified atom stereocenters. The Morgan fingerprint density at radius 2 is 2.39 bits per heavy atom. The second-order valence-electron chi connectivity index (χ2n) is 4.24. The van der Waals surface area contributed by atoms with Gasteiger partial charge >= 0.3 is 0 Å². The molecular formula is C12H12ClN3OS. The largest absolute Gasteiger partial charge is 0.383 e. The predicted octanol–water partition coefficient (Wildman–Crippen LogP) is 2.36. The summed E-state index contributed by atoms with van der Waals surface area (Å²) in [5, 5.41) is 7.63. The number of aryl methyl sites for hydroxylation is 1. The number of anilines is 1.